The predicted octanol–water partition coefficient (Wildman–Crippen LogP) is 4.67. The number of hydrogen-bond donors (Lipinski definition) is 1. The van der Waals surface area contributed by atoms with Gasteiger partial charge in [0.15, 0.2) is 0 Å². The largest absolute Gasteiger partial charge is 0.369 e. The van der Waals surface area contributed by atoms with E-state index in [9.17, 15) is 0 Å². The van der Waals surface area contributed by atoms with Crippen LogP contribution in [0, 0.1) is 6.92 Å². The molecule has 0 fully saturated rings. The molecule has 0 saturated carbocycles. The van der Waals surface area contributed by atoms with E-state index >= 15 is 0 Å². The summed E-state index contributed by atoms with van der Waals surface area (Å²) in [5.41, 5.74) is 5.22. The fourth-order valence-electron chi connectivity index (χ4n) is 2.83. The maximum Gasteiger partial charge on any atom is 0.129 e. The van der Waals surface area contributed by atoms with Gasteiger partial charge in [-0.2, -0.15) is 0 Å². The molecule has 0 radical (unpaired) electrons. The Balaban J connectivity index is 1.49. The minimum absolute atomic E-state index is 0.332. The average molecular weight is 361 g/mol. The van der Waals surface area contributed by atoms with Gasteiger partial charge in [-0.1, -0.05) is 6.92 Å². The second-order valence-corrected chi connectivity index (χ2v) is 7.21. The van der Waals surface area contributed by atoms with Gasteiger partial charge in [-0.25, -0.2) is 9.97 Å². The average Bonchev–Trinajstić information content (AvgIpc) is 3.11. The van der Waals surface area contributed by atoms with E-state index in [1.807, 2.05) is 43.6 Å². The third-order valence-electron chi connectivity index (χ3n) is 4.35. The van der Waals surface area contributed by atoms with E-state index in [0.29, 0.717) is 5.92 Å². The normalized spacial score (nSPS) is 12.2. The molecule has 4 aromatic heterocycles. The van der Waals surface area contributed by atoms with E-state index in [4.69, 9.17) is 0 Å². The number of anilines is 1. The van der Waals surface area contributed by atoms with Gasteiger partial charge in [0.25, 0.3) is 0 Å². The van der Waals surface area contributed by atoms with Gasteiger partial charge in [0.2, 0.25) is 0 Å². The first-order chi connectivity index (χ1) is 12.7. The monoisotopic (exact) mass is 361 g/mol. The van der Waals surface area contributed by atoms with Crippen molar-refractivity contribution >= 4 is 27.4 Å². The number of aromatic nitrogens is 4. The lowest BCUT2D eigenvalue weighted by atomic mass is 10.0. The molecule has 5 nitrogen and oxygen atoms in total. The quantitative estimate of drug-likeness (QED) is 0.559. The highest BCUT2D eigenvalue weighted by Gasteiger charge is 2.13. The molecule has 0 aromatic carbocycles. The van der Waals surface area contributed by atoms with Crippen molar-refractivity contribution in [2.75, 3.05) is 11.9 Å². The summed E-state index contributed by atoms with van der Waals surface area (Å²) in [7, 11) is 0. The van der Waals surface area contributed by atoms with Crippen molar-refractivity contribution in [3.63, 3.8) is 0 Å². The topological polar surface area (TPSA) is 63.6 Å². The molecule has 1 unspecified atom stereocenters. The lowest BCUT2D eigenvalue weighted by Gasteiger charge is -2.13. The van der Waals surface area contributed by atoms with Crippen LogP contribution in [-0.2, 0) is 0 Å². The Labute approximate surface area is 156 Å². The maximum atomic E-state index is 4.53. The number of hydrogen-bond acceptors (Lipinski definition) is 6. The highest BCUT2D eigenvalue weighted by atomic mass is 32.1. The Bertz CT molecular complexity index is 1030. The SMILES string of the molecule is Cc1ccc(-c2cc(NCC(C)c3csc4cccnc34)ncn2)cn1. The van der Waals surface area contributed by atoms with Crippen LogP contribution in [-0.4, -0.2) is 26.5 Å². The minimum Gasteiger partial charge on any atom is -0.369 e. The molecule has 0 aliphatic heterocycles. The van der Waals surface area contributed by atoms with E-state index in [1.165, 1.54) is 10.3 Å². The number of pyridine rings is 2. The Morgan fingerprint density at radius 1 is 1.12 bits per heavy atom. The van der Waals surface area contributed by atoms with E-state index in [0.717, 1.165) is 34.8 Å². The summed E-state index contributed by atoms with van der Waals surface area (Å²) in [6.07, 6.45) is 5.28. The van der Waals surface area contributed by atoms with Gasteiger partial charge < -0.3 is 5.32 Å². The standard InChI is InChI=1S/C20H19N5S/c1-13(16-11-26-18-4-3-7-21-20(16)18)9-23-19-8-17(24-12-25-19)15-6-5-14(2)22-10-15/h3-8,10-13H,9H2,1-2H3,(H,23,24,25). The molecule has 1 N–H and O–H groups in total. The van der Waals surface area contributed by atoms with Gasteiger partial charge in [0, 0.05) is 42.2 Å². The molecule has 0 bridgehead atoms. The van der Waals surface area contributed by atoms with E-state index in [-0.39, 0.29) is 0 Å². The van der Waals surface area contributed by atoms with Gasteiger partial charge in [-0.05, 0) is 42.1 Å². The van der Waals surface area contributed by atoms with Crippen LogP contribution in [0.5, 0.6) is 0 Å². The van der Waals surface area contributed by atoms with Crippen molar-refractivity contribution in [2.24, 2.45) is 0 Å². The van der Waals surface area contributed by atoms with Crippen molar-refractivity contribution < 1.29 is 0 Å². The van der Waals surface area contributed by atoms with Gasteiger partial charge in [-0.15, -0.1) is 11.3 Å². The summed E-state index contributed by atoms with van der Waals surface area (Å²) in [6.45, 7) is 4.96. The first-order valence-corrected chi connectivity index (χ1v) is 9.40. The van der Waals surface area contributed by atoms with Crippen molar-refractivity contribution in [2.45, 2.75) is 19.8 Å². The molecule has 26 heavy (non-hydrogen) atoms. The number of aryl methyl sites for hydroxylation is 1. The molecule has 4 aromatic rings. The second-order valence-electron chi connectivity index (χ2n) is 6.30. The van der Waals surface area contributed by atoms with Crippen LogP contribution in [0.25, 0.3) is 21.5 Å². The molecule has 0 spiro atoms. The second kappa shape index (κ2) is 7.17. The zero-order chi connectivity index (χ0) is 17.9. The van der Waals surface area contributed by atoms with Crippen molar-refractivity contribution in [3.8, 4) is 11.3 Å². The molecule has 6 heteroatoms. The summed E-state index contributed by atoms with van der Waals surface area (Å²) >= 11 is 1.74. The van der Waals surface area contributed by atoms with E-state index in [1.54, 1.807) is 17.7 Å². The van der Waals surface area contributed by atoms with Gasteiger partial charge in [-0.3, -0.25) is 9.97 Å². The highest BCUT2D eigenvalue weighted by molar-refractivity contribution is 7.17. The van der Waals surface area contributed by atoms with Crippen LogP contribution in [0.2, 0.25) is 0 Å². The summed E-state index contributed by atoms with van der Waals surface area (Å²) < 4.78 is 1.23. The third kappa shape index (κ3) is 3.41. The highest BCUT2D eigenvalue weighted by Crippen LogP contribution is 2.29. The van der Waals surface area contributed by atoms with Crippen molar-refractivity contribution in [3.05, 3.63) is 65.7 Å². The number of thiophene rings is 1. The molecule has 0 aliphatic rings. The third-order valence-corrected chi connectivity index (χ3v) is 5.31. The van der Waals surface area contributed by atoms with Crippen LogP contribution in [0.1, 0.15) is 24.1 Å². The number of nitrogens with zero attached hydrogens (tertiary/aromatic N) is 4. The first-order valence-electron chi connectivity index (χ1n) is 8.52. The molecule has 0 saturated heterocycles. The van der Waals surface area contributed by atoms with Crippen LogP contribution in [0.15, 0.2) is 54.4 Å². The Kier molecular flexibility index (Phi) is 4.58. The first kappa shape index (κ1) is 16.6. The molecule has 1 atom stereocenters. The predicted molar refractivity (Wildman–Crippen MR) is 107 cm³/mol. The minimum atomic E-state index is 0.332. The summed E-state index contributed by atoms with van der Waals surface area (Å²) in [4.78, 5) is 17.6. The van der Waals surface area contributed by atoms with Gasteiger partial charge >= 0.3 is 0 Å². The molecule has 0 aliphatic carbocycles. The molecular weight excluding hydrogens is 342 g/mol. The summed E-state index contributed by atoms with van der Waals surface area (Å²) in [5, 5.41) is 5.63. The van der Waals surface area contributed by atoms with Gasteiger partial charge in [0.1, 0.15) is 12.1 Å². The van der Waals surface area contributed by atoms with Crippen LogP contribution >= 0.6 is 11.3 Å². The summed E-state index contributed by atoms with van der Waals surface area (Å²) in [6, 6.07) is 10.1. The molecule has 4 heterocycles. The lowest BCUT2D eigenvalue weighted by Crippen LogP contribution is -2.11. The maximum absolute atomic E-state index is 4.53. The van der Waals surface area contributed by atoms with Crippen LogP contribution in [0.4, 0.5) is 5.82 Å². The Morgan fingerprint density at radius 2 is 2.04 bits per heavy atom. The van der Waals surface area contributed by atoms with Crippen molar-refractivity contribution in [1.82, 2.24) is 19.9 Å². The number of fused-ring (bicyclic) bond motifs is 1. The molecule has 4 rings (SSSR count). The lowest BCUT2D eigenvalue weighted by molar-refractivity contribution is 0.809. The molecule has 0 amide bonds. The van der Waals surface area contributed by atoms with Crippen LogP contribution in [0.3, 0.4) is 0 Å². The van der Waals surface area contributed by atoms with E-state index in [2.05, 4.69) is 43.6 Å². The van der Waals surface area contributed by atoms with Gasteiger partial charge in [0.05, 0.1) is 15.9 Å². The zero-order valence-corrected chi connectivity index (χ0v) is 15.5. The smallest absolute Gasteiger partial charge is 0.129 e. The van der Waals surface area contributed by atoms with Crippen molar-refractivity contribution in [1.29, 1.82) is 0 Å². The Hall–Kier alpha value is -2.86. The summed E-state index contributed by atoms with van der Waals surface area (Å²) in [5.74, 6) is 1.15. The number of rotatable bonds is 5. The van der Waals surface area contributed by atoms with Crippen LogP contribution < -0.4 is 5.32 Å². The fraction of sp³-hybridized carbons (Fsp3) is 0.200. The zero-order valence-electron chi connectivity index (χ0n) is 14.7. The fourth-order valence-corrected chi connectivity index (χ4v) is 3.87. The molecule has 130 valence electrons. The number of nitrogens with one attached hydrogen (secondary N) is 1. The van der Waals surface area contributed by atoms with E-state index < -0.39 is 0 Å². The molecular formula is C20H19N5S. The Morgan fingerprint density at radius 3 is 2.88 bits per heavy atom.